The Morgan fingerprint density at radius 3 is 2.64 bits per heavy atom. The zero-order chi connectivity index (χ0) is 11.0. The Morgan fingerprint density at radius 2 is 2.21 bits per heavy atom. The minimum absolute atomic E-state index is 0.230. The van der Waals surface area contributed by atoms with Crippen LogP contribution in [0.3, 0.4) is 0 Å². The van der Waals surface area contributed by atoms with Crippen molar-refractivity contribution in [2.24, 2.45) is 0 Å². The van der Waals surface area contributed by atoms with Gasteiger partial charge >= 0.3 is 5.97 Å². The van der Waals surface area contributed by atoms with Crippen LogP contribution in [0.1, 0.15) is 33.1 Å². The van der Waals surface area contributed by atoms with Crippen molar-refractivity contribution in [3.05, 3.63) is 12.8 Å². The van der Waals surface area contributed by atoms with Gasteiger partial charge in [0.1, 0.15) is 6.04 Å². The molecule has 0 bridgehead atoms. The summed E-state index contributed by atoms with van der Waals surface area (Å²) >= 11 is 0. The predicted molar refractivity (Wildman–Crippen MR) is 53.4 cm³/mol. The van der Waals surface area contributed by atoms with E-state index in [-0.39, 0.29) is 5.91 Å². The van der Waals surface area contributed by atoms with Crippen molar-refractivity contribution < 1.29 is 14.3 Å². The molecule has 4 nitrogen and oxygen atoms in total. The molecule has 0 spiro atoms. The molecule has 0 aromatic carbocycles. The van der Waals surface area contributed by atoms with E-state index in [9.17, 15) is 9.59 Å². The van der Waals surface area contributed by atoms with Crippen LogP contribution in [0, 0.1) is 0 Å². The van der Waals surface area contributed by atoms with Crippen molar-refractivity contribution in [1.82, 2.24) is 5.32 Å². The normalized spacial score (nSPS) is 11.6. The number of hydrogen-bond donors (Lipinski definition) is 1. The third-order valence-electron chi connectivity index (χ3n) is 1.71. The van der Waals surface area contributed by atoms with Gasteiger partial charge in [-0.15, -0.1) is 0 Å². The first-order valence-electron chi connectivity index (χ1n) is 4.70. The molecule has 0 fully saturated rings. The first kappa shape index (κ1) is 12.7. The van der Waals surface area contributed by atoms with E-state index >= 15 is 0 Å². The minimum atomic E-state index is -0.551. The van der Waals surface area contributed by atoms with Crippen molar-refractivity contribution in [3.8, 4) is 0 Å². The van der Waals surface area contributed by atoms with E-state index in [1.165, 1.54) is 6.92 Å². The summed E-state index contributed by atoms with van der Waals surface area (Å²) in [6, 6.07) is -0.551. The van der Waals surface area contributed by atoms with Crippen molar-refractivity contribution in [2.45, 2.75) is 39.2 Å². The lowest BCUT2D eigenvalue weighted by Crippen LogP contribution is -2.40. The third-order valence-corrected chi connectivity index (χ3v) is 1.71. The molecule has 1 amide bonds. The summed E-state index contributed by atoms with van der Waals surface area (Å²) in [7, 11) is 0. The third kappa shape index (κ3) is 5.35. The molecule has 4 heteroatoms. The second-order valence-corrected chi connectivity index (χ2v) is 3.00. The maximum atomic E-state index is 11.3. The minimum Gasteiger partial charge on any atom is -0.434 e. The van der Waals surface area contributed by atoms with Gasteiger partial charge in [0, 0.05) is 6.92 Å². The Bertz CT molecular complexity index is 213. The van der Waals surface area contributed by atoms with Crippen LogP contribution < -0.4 is 5.32 Å². The maximum Gasteiger partial charge on any atom is 0.333 e. The van der Waals surface area contributed by atoms with Gasteiger partial charge in [0.15, 0.2) is 0 Å². The number of hydrogen-bond acceptors (Lipinski definition) is 3. The lowest BCUT2D eigenvalue weighted by molar-refractivity contribution is -0.142. The Labute approximate surface area is 84.3 Å². The van der Waals surface area contributed by atoms with Crippen LogP contribution in [-0.4, -0.2) is 17.9 Å². The quantitative estimate of drug-likeness (QED) is 0.519. The average Bonchev–Trinajstić information content (AvgIpc) is 2.12. The Hall–Kier alpha value is -1.32. The largest absolute Gasteiger partial charge is 0.434 e. The van der Waals surface area contributed by atoms with E-state index in [0.717, 1.165) is 19.1 Å². The molecular formula is C10H17NO3. The molecule has 0 heterocycles. The molecule has 80 valence electrons. The number of esters is 1. The molecule has 0 radical (unpaired) electrons. The van der Waals surface area contributed by atoms with Crippen LogP contribution in [0.2, 0.25) is 0 Å². The van der Waals surface area contributed by atoms with E-state index < -0.39 is 12.0 Å². The molecule has 1 N–H and O–H groups in total. The van der Waals surface area contributed by atoms with Gasteiger partial charge < -0.3 is 10.1 Å². The second-order valence-electron chi connectivity index (χ2n) is 3.00. The van der Waals surface area contributed by atoms with Gasteiger partial charge in [0.05, 0.1) is 6.26 Å². The lowest BCUT2D eigenvalue weighted by Gasteiger charge is -2.14. The SMILES string of the molecule is C=COC(=O)C(CCCC)NC(C)=O. The molecule has 0 aromatic heterocycles. The van der Waals surface area contributed by atoms with Crippen LogP contribution in [0.25, 0.3) is 0 Å². The van der Waals surface area contributed by atoms with Crippen LogP contribution in [0.15, 0.2) is 12.8 Å². The summed E-state index contributed by atoms with van der Waals surface area (Å²) in [5.41, 5.74) is 0. The van der Waals surface area contributed by atoms with Gasteiger partial charge in [-0.05, 0) is 6.42 Å². The average molecular weight is 199 g/mol. The van der Waals surface area contributed by atoms with E-state index in [1.807, 2.05) is 6.92 Å². The van der Waals surface area contributed by atoms with Crippen LogP contribution in [0.5, 0.6) is 0 Å². The molecule has 0 rings (SSSR count). The number of amides is 1. The monoisotopic (exact) mass is 199 g/mol. The molecule has 0 saturated heterocycles. The summed E-state index contributed by atoms with van der Waals surface area (Å²) in [6.07, 6.45) is 3.51. The Kier molecular flexibility index (Phi) is 6.45. The fraction of sp³-hybridized carbons (Fsp3) is 0.600. The van der Waals surface area contributed by atoms with Crippen LogP contribution in [-0.2, 0) is 14.3 Å². The van der Waals surface area contributed by atoms with Crippen molar-refractivity contribution in [2.75, 3.05) is 0 Å². The van der Waals surface area contributed by atoms with E-state index in [0.29, 0.717) is 6.42 Å². The van der Waals surface area contributed by atoms with Gasteiger partial charge in [0.25, 0.3) is 0 Å². The highest BCUT2D eigenvalue weighted by molar-refractivity contribution is 5.83. The summed E-state index contributed by atoms with van der Waals surface area (Å²) in [6.45, 7) is 6.68. The van der Waals surface area contributed by atoms with Gasteiger partial charge in [-0.25, -0.2) is 4.79 Å². The van der Waals surface area contributed by atoms with Gasteiger partial charge in [0.2, 0.25) is 5.91 Å². The first-order valence-corrected chi connectivity index (χ1v) is 4.70. The molecule has 1 unspecified atom stereocenters. The summed E-state index contributed by atoms with van der Waals surface area (Å²) in [5.74, 6) is -0.684. The molecule has 1 atom stereocenters. The molecule has 0 aliphatic heterocycles. The topological polar surface area (TPSA) is 55.4 Å². The highest BCUT2D eigenvalue weighted by Crippen LogP contribution is 2.02. The highest BCUT2D eigenvalue weighted by Gasteiger charge is 2.19. The lowest BCUT2D eigenvalue weighted by atomic mass is 10.1. The van der Waals surface area contributed by atoms with Crippen LogP contribution >= 0.6 is 0 Å². The fourth-order valence-electron chi connectivity index (χ4n) is 1.07. The zero-order valence-electron chi connectivity index (χ0n) is 8.71. The number of ether oxygens (including phenoxy) is 1. The van der Waals surface area contributed by atoms with Crippen LogP contribution in [0.4, 0.5) is 0 Å². The number of unbranched alkanes of at least 4 members (excludes halogenated alkanes) is 1. The molecular weight excluding hydrogens is 182 g/mol. The fourth-order valence-corrected chi connectivity index (χ4v) is 1.07. The maximum absolute atomic E-state index is 11.3. The summed E-state index contributed by atoms with van der Waals surface area (Å²) < 4.78 is 4.61. The van der Waals surface area contributed by atoms with E-state index in [2.05, 4.69) is 16.6 Å². The number of carbonyl (C=O) groups is 2. The molecule has 0 aromatic rings. The Balaban J connectivity index is 4.14. The molecule has 0 saturated carbocycles. The molecule has 14 heavy (non-hydrogen) atoms. The number of carbonyl (C=O) groups excluding carboxylic acids is 2. The summed E-state index contributed by atoms with van der Waals surface area (Å²) in [4.78, 5) is 22.1. The zero-order valence-corrected chi connectivity index (χ0v) is 8.71. The van der Waals surface area contributed by atoms with Gasteiger partial charge in [-0.3, -0.25) is 4.79 Å². The smallest absolute Gasteiger partial charge is 0.333 e. The van der Waals surface area contributed by atoms with Crippen molar-refractivity contribution >= 4 is 11.9 Å². The van der Waals surface area contributed by atoms with Gasteiger partial charge in [-0.1, -0.05) is 26.3 Å². The number of rotatable bonds is 6. The van der Waals surface area contributed by atoms with Gasteiger partial charge in [-0.2, -0.15) is 0 Å². The molecule has 0 aliphatic rings. The van der Waals surface area contributed by atoms with Crippen molar-refractivity contribution in [3.63, 3.8) is 0 Å². The highest BCUT2D eigenvalue weighted by atomic mass is 16.5. The second kappa shape index (κ2) is 7.12. The number of nitrogens with one attached hydrogen (secondary N) is 1. The first-order chi connectivity index (χ1) is 6.61. The standard InChI is InChI=1S/C10H17NO3/c1-4-6-7-9(11-8(3)12)10(13)14-5-2/h5,9H,2,4,6-7H2,1,3H3,(H,11,12). The summed E-state index contributed by atoms with van der Waals surface area (Å²) in [5, 5.41) is 2.54. The predicted octanol–water partition coefficient (Wildman–Crippen LogP) is 1.37. The van der Waals surface area contributed by atoms with E-state index in [1.54, 1.807) is 0 Å². The Morgan fingerprint density at radius 1 is 1.57 bits per heavy atom. The molecule has 0 aliphatic carbocycles. The van der Waals surface area contributed by atoms with E-state index in [4.69, 9.17) is 0 Å². The van der Waals surface area contributed by atoms with Crippen molar-refractivity contribution in [1.29, 1.82) is 0 Å².